The summed E-state index contributed by atoms with van der Waals surface area (Å²) >= 11 is 1.48. The standard InChI is InChI=1S/C30H27N3O5S2/c34-28(21-11-14-27-25(15-21)33-29(35)24-7-3-4-8-26(24)40(27,36)37)31-16-23-17-32-30(39-23)20-9-12-22(13-10-20)38-18-19-5-1-2-6-19/h3-4,7-15,17,19H,1-2,5-6,16,18H2,(H,31,34)(H,33,35). The zero-order chi connectivity index (χ0) is 27.7. The molecule has 0 radical (unpaired) electrons. The number of aromatic nitrogens is 1. The molecule has 0 spiro atoms. The third-order valence-electron chi connectivity index (χ3n) is 7.24. The second-order valence-corrected chi connectivity index (χ2v) is 13.0. The number of thiazole rings is 1. The van der Waals surface area contributed by atoms with Crippen LogP contribution in [-0.4, -0.2) is 31.8 Å². The zero-order valence-corrected chi connectivity index (χ0v) is 23.2. The SMILES string of the molecule is O=C(NCc1cnc(-c2ccc(OCC3CCCC3)cc2)s1)c1ccc2c(c1)NC(=O)c1ccccc1S2(=O)=O. The predicted molar refractivity (Wildman–Crippen MR) is 152 cm³/mol. The summed E-state index contributed by atoms with van der Waals surface area (Å²) in [7, 11) is -3.93. The Kier molecular flexibility index (Phi) is 7.12. The third kappa shape index (κ3) is 5.24. The Morgan fingerprint density at radius 2 is 1.80 bits per heavy atom. The largest absolute Gasteiger partial charge is 0.493 e. The van der Waals surface area contributed by atoms with Gasteiger partial charge in [0.1, 0.15) is 10.8 Å². The van der Waals surface area contributed by atoms with Gasteiger partial charge in [-0.15, -0.1) is 11.3 Å². The number of nitrogens with zero attached hydrogens (tertiary/aromatic N) is 1. The lowest BCUT2D eigenvalue weighted by Gasteiger charge is -2.11. The fourth-order valence-electron chi connectivity index (χ4n) is 5.08. The van der Waals surface area contributed by atoms with Crippen LogP contribution in [0.3, 0.4) is 0 Å². The van der Waals surface area contributed by atoms with Gasteiger partial charge in [0.05, 0.1) is 34.2 Å². The first-order valence-corrected chi connectivity index (χ1v) is 15.4. The molecule has 2 N–H and O–H groups in total. The molecule has 4 aromatic rings. The molecule has 1 aromatic heterocycles. The minimum absolute atomic E-state index is 0.0515. The van der Waals surface area contributed by atoms with Crippen molar-refractivity contribution in [1.29, 1.82) is 0 Å². The number of nitrogens with one attached hydrogen (secondary N) is 2. The van der Waals surface area contributed by atoms with E-state index in [0.29, 0.717) is 5.92 Å². The van der Waals surface area contributed by atoms with Gasteiger partial charge in [0, 0.05) is 22.2 Å². The Morgan fingerprint density at radius 1 is 1.02 bits per heavy atom. The maximum Gasteiger partial charge on any atom is 0.257 e. The van der Waals surface area contributed by atoms with Crippen LogP contribution in [0.15, 0.2) is 82.7 Å². The van der Waals surface area contributed by atoms with Crippen molar-refractivity contribution in [1.82, 2.24) is 10.3 Å². The van der Waals surface area contributed by atoms with Crippen molar-refractivity contribution < 1.29 is 22.7 Å². The van der Waals surface area contributed by atoms with Crippen molar-refractivity contribution in [3.63, 3.8) is 0 Å². The average Bonchev–Trinajstić information content (AvgIpc) is 3.66. The minimum atomic E-state index is -3.93. The monoisotopic (exact) mass is 573 g/mol. The smallest absolute Gasteiger partial charge is 0.257 e. The van der Waals surface area contributed by atoms with Crippen LogP contribution in [0.5, 0.6) is 5.75 Å². The molecular formula is C30H27N3O5S2. The Labute approximate surface area is 236 Å². The van der Waals surface area contributed by atoms with Gasteiger partial charge in [0.25, 0.3) is 11.8 Å². The molecule has 40 heavy (non-hydrogen) atoms. The first-order valence-electron chi connectivity index (χ1n) is 13.1. The molecule has 1 saturated carbocycles. The Hall–Kier alpha value is -4.02. The highest BCUT2D eigenvalue weighted by Gasteiger charge is 2.31. The van der Waals surface area contributed by atoms with E-state index in [1.165, 1.54) is 67.4 Å². The quantitative estimate of drug-likeness (QED) is 0.293. The second-order valence-electron chi connectivity index (χ2n) is 9.96. The number of sulfone groups is 1. The molecular weight excluding hydrogens is 546 g/mol. The zero-order valence-electron chi connectivity index (χ0n) is 21.6. The maximum atomic E-state index is 13.2. The average molecular weight is 574 g/mol. The molecule has 0 bridgehead atoms. The number of carbonyl (C=O) groups is 2. The van der Waals surface area contributed by atoms with Crippen LogP contribution in [-0.2, 0) is 16.4 Å². The summed E-state index contributed by atoms with van der Waals surface area (Å²) in [6.07, 6.45) is 6.81. The van der Waals surface area contributed by atoms with Crippen molar-refractivity contribution in [3.8, 4) is 16.3 Å². The van der Waals surface area contributed by atoms with Crippen LogP contribution in [0.4, 0.5) is 5.69 Å². The molecule has 1 fully saturated rings. The number of ether oxygens (including phenoxy) is 1. The van der Waals surface area contributed by atoms with Crippen LogP contribution < -0.4 is 15.4 Å². The first kappa shape index (κ1) is 26.2. The third-order valence-corrected chi connectivity index (χ3v) is 10.2. The summed E-state index contributed by atoms with van der Waals surface area (Å²) in [5.74, 6) is 0.579. The lowest BCUT2D eigenvalue weighted by molar-refractivity contribution is 0.0949. The van der Waals surface area contributed by atoms with Crippen LogP contribution in [0.2, 0.25) is 0 Å². The number of benzene rings is 3. The topological polar surface area (TPSA) is 114 Å². The van der Waals surface area contributed by atoms with Gasteiger partial charge in [-0.2, -0.15) is 0 Å². The van der Waals surface area contributed by atoms with E-state index in [2.05, 4.69) is 15.6 Å². The highest BCUT2D eigenvalue weighted by atomic mass is 32.2. The fourth-order valence-corrected chi connectivity index (χ4v) is 7.53. The molecule has 1 aliphatic heterocycles. The van der Waals surface area contributed by atoms with Crippen molar-refractivity contribution in [2.75, 3.05) is 11.9 Å². The van der Waals surface area contributed by atoms with Crippen molar-refractivity contribution >= 4 is 38.7 Å². The summed E-state index contributed by atoms with van der Waals surface area (Å²) < 4.78 is 32.3. The highest BCUT2D eigenvalue weighted by Crippen LogP contribution is 2.34. The molecule has 0 saturated heterocycles. The number of hydrogen-bond acceptors (Lipinski definition) is 7. The molecule has 2 aliphatic rings. The number of hydrogen-bond donors (Lipinski definition) is 2. The number of rotatable bonds is 7. The summed E-state index contributed by atoms with van der Waals surface area (Å²) in [6.45, 7) is 1.02. The molecule has 0 unspecified atom stereocenters. The first-order chi connectivity index (χ1) is 19.4. The van der Waals surface area contributed by atoms with Gasteiger partial charge in [-0.1, -0.05) is 25.0 Å². The van der Waals surface area contributed by atoms with E-state index in [1.807, 2.05) is 24.3 Å². The van der Waals surface area contributed by atoms with Gasteiger partial charge in [0.2, 0.25) is 9.84 Å². The van der Waals surface area contributed by atoms with E-state index < -0.39 is 21.7 Å². The lowest BCUT2D eigenvalue weighted by atomic mass is 10.1. The van der Waals surface area contributed by atoms with Gasteiger partial charge in [0.15, 0.2) is 0 Å². The van der Waals surface area contributed by atoms with Crippen molar-refractivity contribution in [3.05, 3.63) is 88.9 Å². The molecule has 8 nitrogen and oxygen atoms in total. The van der Waals surface area contributed by atoms with E-state index in [4.69, 9.17) is 4.74 Å². The van der Waals surface area contributed by atoms with E-state index in [9.17, 15) is 18.0 Å². The molecule has 2 heterocycles. The summed E-state index contributed by atoms with van der Waals surface area (Å²) in [5, 5.41) is 6.33. The highest BCUT2D eigenvalue weighted by molar-refractivity contribution is 7.91. The molecule has 2 amide bonds. The number of amides is 2. The van der Waals surface area contributed by atoms with Crippen LogP contribution in [0.25, 0.3) is 10.6 Å². The van der Waals surface area contributed by atoms with Gasteiger partial charge in [-0.3, -0.25) is 9.59 Å². The summed E-state index contributed by atoms with van der Waals surface area (Å²) in [4.78, 5) is 30.9. The normalized spacial score (nSPS) is 15.9. The molecule has 3 aromatic carbocycles. The van der Waals surface area contributed by atoms with Crippen LogP contribution >= 0.6 is 11.3 Å². The molecule has 1 aliphatic carbocycles. The summed E-state index contributed by atoms with van der Waals surface area (Å²) in [5.41, 5.74) is 1.35. The van der Waals surface area contributed by atoms with Gasteiger partial charge in [-0.25, -0.2) is 13.4 Å². The van der Waals surface area contributed by atoms with E-state index in [1.54, 1.807) is 18.3 Å². The Bertz CT molecular complexity index is 1690. The molecule has 6 rings (SSSR count). The van der Waals surface area contributed by atoms with Crippen LogP contribution in [0.1, 0.15) is 51.3 Å². The number of fused-ring (bicyclic) bond motifs is 2. The Morgan fingerprint density at radius 3 is 2.60 bits per heavy atom. The minimum Gasteiger partial charge on any atom is -0.493 e. The number of carbonyl (C=O) groups excluding carboxylic acids is 2. The van der Waals surface area contributed by atoms with Gasteiger partial charge >= 0.3 is 0 Å². The van der Waals surface area contributed by atoms with Gasteiger partial charge < -0.3 is 15.4 Å². The lowest BCUT2D eigenvalue weighted by Crippen LogP contribution is -2.22. The predicted octanol–water partition coefficient (Wildman–Crippen LogP) is 5.71. The fraction of sp³-hybridized carbons (Fsp3) is 0.233. The molecule has 10 heteroatoms. The molecule has 0 atom stereocenters. The molecule has 204 valence electrons. The van der Waals surface area contributed by atoms with Crippen molar-refractivity contribution in [2.24, 2.45) is 5.92 Å². The number of anilines is 1. The van der Waals surface area contributed by atoms with Gasteiger partial charge in [-0.05, 0) is 73.4 Å². The van der Waals surface area contributed by atoms with Crippen LogP contribution in [0, 0.1) is 5.92 Å². The summed E-state index contributed by atoms with van der Waals surface area (Å²) in [6, 6.07) is 18.1. The second kappa shape index (κ2) is 10.9. The van der Waals surface area contributed by atoms with E-state index in [-0.39, 0.29) is 33.2 Å². The van der Waals surface area contributed by atoms with E-state index >= 15 is 0 Å². The van der Waals surface area contributed by atoms with Crippen molar-refractivity contribution in [2.45, 2.75) is 42.0 Å². The Balaban J connectivity index is 1.10. The van der Waals surface area contributed by atoms with E-state index in [0.717, 1.165) is 27.8 Å². The maximum absolute atomic E-state index is 13.2.